The number of hydrogen-bond acceptors (Lipinski definition) is 0. The highest BCUT2D eigenvalue weighted by Crippen LogP contribution is 2.48. The molecule has 0 bridgehead atoms. The molecule has 0 aliphatic heterocycles. The largest absolute Gasteiger partial charge is 0.420 e. The molecular formula is C61H34F8N2. The van der Waals surface area contributed by atoms with Gasteiger partial charge < -0.3 is 9.13 Å². The number of nitrogens with zero attached hydrogens (tertiary/aromatic N) is 2. The lowest BCUT2D eigenvalue weighted by molar-refractivity contribution is -0.137. The van der Waals surface area contributed by atoms with Crippen LogP contribution in [0.15, 0.2) is 206 Å². The molecule has 71 heavy (non-hydrogen) atoms. The minimum atomic E-state index is -5.20. The van der Waals surface area contributed by atoms with Crippen molar-refractivity contribution in [2.75, 3.05) is 0 Å². The smallest absolute Gasteiger partial charge is 0.309 e. The molecule has 0 saturated carbocycles. The summed E-state index contributed by atoms with van der Waals surface area (Å²) in [6.07, 6.45) is -5.20. The SMILES string of the molecule is Fc1c(F)c(F)c(-c2cc(-n3c4ccc(-c5ccccc5)cc4c4cc(-c5ccccc5)ccc43)c(C(F)(F)F)c(-n3c4ccc(-c5ccccc5)cc4c4cc(-c5ccccc5)ccc43)c2)c(F)c1F. The standard InChI is InChI=1S/C61H34F8N2/c62-56-54(57(63)59(65)60(66)58(56)64)43-33-52(70-48-25-21-39(35-13-5-1-6-14-35)29-44(48)45-30-40(22-26-49(45)70)36-15-7-2-8-16-36)55(61(67,68)69)53(34-43)71-50-27-23-41(37-17-9-3-10-18-37)31-46(50)47-32-42(24-28-51(47)71)38-19-11-4-12-20-38/h1-34H. The van der Waals surface area contributed by atoms with Crippen molar-refractivity contribution in [2.24, 2.45) is 0 Å². The summed E-state index contributed by atoms with van der Waals surface area (Å²) in [7, 11) is 0. The molecule has 0 unspecified atom stereocenters. The fourth-order valence-corrected chi connectivity index (χ4v) is 10.1. The van der Waals surface area contributed by atoms with E-state index >= 15 is 30.7 Å². The van der Waals surface area contributed by atoms with Crippen LogP contribution in [-0.2, 0) is 6.18 Å². The van der Waals surface area contributed by atoms with Gasteiger partial charge >= 0.3 is 6.18 Å². The van der Waals surface area contributed by atoms with E-state index in [0.29, 0.717) is 21.5 Å². The maximum atomic E-state index is 16.8. The van der Waals surface area contributed by atoms with E-state index in [9.17, 15) is 4.39 Å². The number of hydrogen-bond donors (Lipinski definition) is 0. The second-order valence-electron chi connectivity index (χ2n) is 17.4. The van der Waals surface area contributed by atoms with Gasteiger partial charge in [0.05, 0.1) is 39.0 Å². The molecule has 0 radical (unpaired) electrons. The summed E-state index contributed by atoms with van der Waals surface area (Å²) in [6.45, 7) is 0. The van der Waals surface area contributed by atoms with Crippen molar-refractivity contribution in [1.29, 1.82) is 0 Å². The number of fused-ring (bicyclic) bond motifs is 6. The molecule has 12 aromatic rings. The third-order valence-electron chi connectivity index (χ3n) is 13.3. The molecule has 0 fully saturated rings. The zero-order valence-corrected chi connectivity index (χ0v) is 37.0. The van der Waals surface area contributed by atoms with Crippen LogP contribution in [0.4, 0.5) is 35.1 Å². The van der Waals surface area contributed by atoms with E-state index in [1.54, 1.807) is 48.5 Å². The van der Waals surface area contributed by atoms with Crippen molar-refractivity contribution in [2.45, 2.75) is 6.18 Å². The molecule has 2 nitrogen and oxygen atoms in total. The Morgan fingerprint density at radius 2 is 0.535 bits per heavy atom. The Hall–Kier alpha value is -8.76. The molecule has 12 rings (SSSR count). The van der Waals surface area contributed by atoms with Crippen LogP contribution >= 0.6 is 0 Å². The fraction of sp³-hybridized carbons (Fsp3) is 0.0164. The third kappa shape index (κ3) is 7.16. The van der Waals surface area contributed by atoms with Crippen LogP contribution in [0.1, 0.15) is 5.56 Å². The van der Waals surface area contributed by atoms with Gasteiger partial charge in [0.25, 0.3) is 0 Å². The average Bonchev–Trinajstić information content (AvgIpc) is 3.91. The number of rotatable bonds is 7. The molecule has 0 atom stereocenters. The highest BCUT2D eigenvalue weighted by molar-refractivity contribution is 6.13. The summed E-state index contributed by atoms with van der Waals surface area (Å²) in [5.41, 5.74) is 3.12. The monoisotopic (exact) mass is 946 g/mol. The van der Waals surface area contributed by atoms with E-state index in [0.717, 1.165) is 56.6 Å². The zero-order chi connectivity index (χ0) is 48.7. The Balaban J connectivity index is 1.24. The Morgan fingerprint density at radius 1 is 0.268 bits per heavy atom. The number of aromatic nitrogens is 2. The second kappa shape index (κ2) is 16.7. The minimum absolute atomic E-state index is 0.290. The molecule has 0 N–H and O–H groups in total. The minimum Gasteiger partial charge on any atom is -0.309 e. The summed E-state index contributed by atoms with van der Waals surface area (Å²) in [5, 5.41) is 2.20. The molecule has 10 aromatic carbocycles. The lowest BCUT2D eigenvalue weighted by Crippen LogP contribution is -2.16. The predicted octanol–water partition coefficient (Wildman–Crippen LogP) is 17.9. The summed E-state index contributed by atoms with van der Waals surface area (Å²) in [5.74, 6) is -11.3. The van der Waals surface area contributed by atoms with Crippen molar-refractivity contribution < 1.29 is 35.1 Å². The van der Waals surface area contributed by atoms with Gasteiger partial charge in [-0.05, 0) is 111 Å². The van der Waals surface area contributed by atoms with E-state index in [2.05, 4.69) is 0 Å². The summed E-state index contributed by atoms with van der Waals surface area (Å²) in [6, 6.07) is 60.8. The number of benzene rings is 10. The molecular weight excluding hydrogens is 913 g/mol. The maximum Gasteiger partial charge on any atom is 0.420 e. The van der Waals surface area contributed by atoms with E-state index in [1.807, 2.05) is 146 Å². The Bertz CT molecular complexity index is 3620. The molecule has 0 saturated heterocycles. The van der Waals surface area contributed by atoms with E-state index in [4.69, 9.17) is 0 Å². The third-order valence-corrected chi connectivity index (χ3v) is 13.3. The molecule has 0 amide bonds. The fourth-order valence-electron chi connectivity index (χ4n) is 10.1. The van der Waals surface area contributed by atoms with Crippen LogP contribution in [0.2, 0.25) is 0 Å². The van der Waals surface area contributed by atoms with E-state index in [-0.39, 0.29) is 22.1 Å². The molecule has 344 valence electrons. The molecule has 2 heterocycles. The number of halogens is 8. The Morgan fingerprint density at radius 3 is 0.803 bits per heavy atom. The van der Waals surface area contributed by atoms with Crippen molar-refractivity contribution in [3.8, 4) is 67.0 Å². The van der Waals surface area contributed by atoms with Gasteiger partial charge in [0.1, 0.15) is 5.56 Å². The van der Waals surface area contributed by atoms with Gasteiger partial charge in [-0.15, -0.1) is 0 Å². The second-order valence-corrected chi connectivity index (χ2v) is 17.4. The summed E-state index contributed by atoms with van der Waals surface area (Å²) < 4.78 is 131. The predicted molar refractivity (Wildman–Crippen MR) is 267 cm³/mol. The summed E-state index contributed by atoms with van der Waals surface area (Å²) in [4.78, 5) is 0. The lowest BCUT2D eigenvalue weighted by Gasteiger charge is -2.23. The Labute approximate surface area is 400 Å². The van der Waals surface area contributed by atoms with Crippen LogP contribution in [0, 0.1) is 29.1 Å². The normalized spacial score (nSPS) is 11.9. The number of alkyl halides is 3. The van der Waals surface area contributed by atoms with Crippen molar-refractivity contribution in [3.05, 3.63) is 241 Å². The quantitative estimate of drug-likeness (QED) is 0.0856. The highest BCUT2D eigenvalue weighted by Gasteiger charge is 2.40. The van der Waals surface area contributed by atoms with Gasteiger partial charge in [-0.25, -0.2) is 22.0 Å². The molecule has 0 aliphatic carbocycles. The van der Waals surface area contributed by atoms with Gasteiger partial charge in [-0.2, -0.15) is 13.2 Å². The molecule has 0 spiro atoms. The van der Waals surface area contributed by atoms with Gasteiger partial charge in [0.2, 0.25) is 5.82 Å². The van der Waals surface area contributed by atoms with Crippen LogP contribution in [0.3, 0.4) is 0 Å². The molecule has 2 aromatic heterocycles. The maximum absolute atomic E-state index is 16.8. The molecule has 0 aliphatic rings. The van der Waals surface area contributed by atoms with Crippen molar-refractivity contribution in [3.63, 3.8) is 0 Å². The first-order valence-electron chi connectivity index (χ1n) is 22.6. The average molecular weight is 947 g/mol. The topological polar surface area (TPSA) is 9.86 Å². The molecule has 10 heteroatoms. The van der Waals surface area contributed by atoms with Gasteiger partial charge in [0, 0.05) is 21.5 Å². The van der Waals surface area contributed by atoms with Crippen LogP contribution in [0.25, 0.3) is 111 Å². The van der Waals surface area contributed by atoms with E-state index in [1.165, 1.54) is 9.13 Å². The Kier molecular flexibility index (Phi) is 10.3. The summed E-state index contributed by atoms with van der Waals surface area (Å²) >= 11 is 0. The van der Waals surface area contributed by atoms with Crippen LogP contribution in [-0.4, -0.2) is 9.13 Å². The first-order chi connectivity index (χ1) is 34.4. The van der Waals surface area contributed by atoms with Crippen molar-refractivity contribution >= 4 is 43.6 Å². The van der Waals surface area contributed by atoms with Gasteiger partial charge in [0.15, 0.2) is 23.3 Å². The van der Waals surface area contributed by atoms with Crippen LogP contribution in [0.5, 0.6) is 0 Å². The van der Waals surface area contributed by atoms with Crippen LogP contribution < -0.4 is 0 Å². The first-order valence-corrected chi connectivity index (χ1v) is 22.6. The highest BCUT2D eigenvalue weighted by atomic mass is 19.4. The van der Waals surface area contributed by atoms with Gasteiger partial charge in [-0.1, -0.05) is 146 Å². The van der Waals surface area contributed by atoms with E-state index < -0.39 is 63.3 Å². The zero-order valence-electron chi connectivity index (χ0n) is 37.0. The van der Waals surface area contributed by atoms with Gasteiger partial charge in [-0.3, -0.25) is 0 Å². The first kappa shape index (κ1) is 43.5. The lowest BCUT2D eigenvalue weighted by atomic mass is 9.97. The van der Waals surface area contributed by atoms with Crippen molar-refractivity contribution in [1.82, 2.24) is 9.13 Å².